The second kappa shape index (κ2) is 41.9. The van der Waals surface area contributed by atoms with E-state index >= 15 is 0 Å². The van der Waals surface area contributed by atoms with E-state index in [4.69, 9.17) is 9.47 Å². The molecular formula is C41H84O2. The van der Waals surface area contributed by atoms with Gasteiger partial charge in [0.15, 0.2) is 0 Å². The number of hydrogen-bond acceptors (Lipinski definition) is 2. The van der Waals surface area contributed by atoms with Crippen molar-refractivity contribution in [2.45, 2.75) is 239 Å². The summed E-state index contributed by atoms with van der Waals surface area (Å²) in [5.41, 5.74) is 0. The van der Waals surface area contributed by atoms with Crippen molar-refractivity contribution in [2.75, 3.05) is 26.4 Å². The summed E-state index contributed by atoms with van der Waals surface area (Å²) in [6, 6.07) is 0. The lowest BCUT2D eigenvalue weighted by atomic mass is 10.0. The number of ether oxygens (including phenoxy) is 2. The second-order valence-electron chi connectivity index (χ2n) is 13.9. The summed E-state index contributed by atoms with van der Waals surface area (Å²) in [4.78, 5) is 0. The van der Waals surface area contributed by atoms with Crippen LogP contribution in [-0.4, -0.2) is 26.4 Å². The molecule has 0 aromatic heterocycles. The Labute approximate surface area is 274 Å². The summed E-state index contributed by atoms with van der Waals surface area (Å²) < 4.78 is 11.7. The average Bonchev–Trinajstić information content (AvgIpc) is 3.02. The largest absolute Gasteiger partial charge is 0.381 e. The van der Waals surface area contributed by atoms with E-state index in [1.165, 1.54) is 225 Å². The monoisotopic (exact) mass is 609 g/mol. The van der Waals surface area contributed by atoms with E-state index < -0.39 is 0 Å². The van der Waals surface area contributed by atoms with Gasteiger partial charge in [0.25, 0.3) is 0 Å². The van der Waals surface area contributed by atoms with Crippen LogP contribution in [0.15, 0.2) is 0 Å². The molecule has 0 N–H and O–H groups in total. The summed E-state index contributed by atoms with van der Waals surface area (Å²) in [6.45, 7) is 8.42. The minimum atomic E-state index is 0.942. The molecule has 0 unspecified atom stereocenters. The van der Waals surface area contributed by atoms with Crippen molar-refractivity contribution in [3.05, 3.63) is 0 Å². The normalized spacial score (nSPS) is 11.6. The fraction of sp³-hybridized carbons (Fsp3) is 1.00. The molecule has 0 aliphatic rings. The summed E-state index contributed by atoms with van der Waals surface area (Å²) in [5.74, 6) is 0. The Bertz CT molecular complexity index is 411. The van der Waals surface area contributed by atoms with E-state index in [9.17, 15) is 0 Å². The molecule has 2 heteroatoms. The molecule has 0 aromatic rings. The maximum Gasteiger partial charge on any atom is 0.0466 e. The van der Waals surface area contributed by atoms with Crippen LogP contribution in [-0.2, 0) is 9.47 Å². The first-order chi connectivity index (χ1) is 21.4. The van der Waals surface area contributed by atoms with Gasteiger partial charge in [-0.05, 0) is 32.1 Å². The van der Waals surface area contributed by atoms with E-state index in [0.29, 0.717) is 0 Å². The quantitative estimate of drug-likeness (QED) is 0.0644. The standard InChI is InChI=1S/C41H84O2/c1-3-5-7-9-11-13-15-17-19-21-23-25-27-29-31-34-38-42-40-36-33-37-41-43-39-35-32-30-28-26-24-22-20-18-16-14-12-10-8-6-4-2/h3-41H2,1-2H3. The lowest BCUT2D eigenvalue weighted by molar-refractivity contribution is 0.111. The third-order valence-electron chi connectivity index (χ3n) is 9.36. The predicted octanol–water partition coefficient (Wildman–Crippen LogP) is 14.7. The molecule has 0 fully saturated rings. The van der Waals surface area contributed by atoms with Crippen LogP contribution in [0.1, 0.15) is 239 Å². The van der Waals surface area contributed by atoms with Crippen molar-refractivity contribution in [1.29, 1.82) is 0 Å². The Morgan fingerprint density at radius 3 is 0.512 bits per heavy atom. The Morgan fingerprint density at radius 2 is 0.326 bits per heavy atom. The van der Waals surface area contributed by atoms with Crippen molar-refractivity contribution in [3.63, 3.8) is 0 Å². The fourth-order valence-corrected chi connectivity index (χ4v) is 6.29. The first-order valence-electron chi connectivity index (χ1n) is 20.6. The maximum absolute atomic E-state index is 5.86. The van der Waals surface area contributed by atoms with E-state index in [2.05, 4.69) is 13.8 Å². The summed E-state index contributed by atoms with van der Waals surface area (Å²) in [5, 5.41) is 0. The highest BCUT2D eigenvalue weighted by Crippen LogP contribution is 2.15. The zero-order valence-electron chi connectivity index (χ0n) is 30.4. The lowest BCUT2D eigenvalue weighted by Gasteiger charge is -2.06. The lowest BCUT2D eigenvalue weighted by Crippen LogP contribution is -2.00. The van der Waals surface area contributed by atoms with Crippen LogP contribution in [0.25, 0.3) is 0 Å². The third kappa shape index (κ3) is 41.9. The minimum Gasteiger partial charge on any atom is -0.381 e. The summed E-state index contributed by atoms with van der Waals surface area (Å²) >= 11 is 0. The predicted molar refractivity (Wildman–Crippen MR) is 195 cm³/mol. The molecule has 260 valence electrons. The molecule has 0 saturated heterocycles. The van der Waals surface area contributed by atoms with E-state index in [1.807, 2.05) is 0 Å². The first kappa shape index (κ1) is 42.9. The number of rotatable bonds is 40. The molecular weight excluding hydrogens is 524 g/mol. The van der Waals surface area contributed by atoms with Gasteiger partial charge in [-0.1, -0.05) is 206 Å². The highest BCUT2D eigenvalue weighted by Gasteiger charge is 1.97. The molecule has 43 heavy (non-hydrogen) atoms. The summed E-state index contributed by atoms with van der Waals surface area (Å²) in [7, 11) is 0. The molecule has 0 rings (SSSR count). The van der Waals surface area contributed by atoms with Crippen molar-refractivity contribution in [2.24, 2.45) is 0 Å². The van der Waals surface area contributed by atoms with Crippen LogP contribution in [0.2, 0.25) is 0 Å². The highest BCUT2D eigenvalue weighted by atomic mass is 16.5. The van der Waals surface area contributed by atoms with Gasteiger partial charge >= 0.3 is 0 Å². The van der Waals surface area contributed by atoms with Gasteiger partial charge in [0, 0.05) is 26.4 Å². The molecule has 0 spiro atoms. The Morgan fingerprint density at radius 1 is 0.186 bits per heavy atom. The molecule has 0 aliphatic carbocycles. The van der Waals surface area contributed by atoms with Crippen molar-refractivity contribution < 1.29 is 9.47 Å². The molecule has 0 bridgehead atoms. The van der Waals surface area contributed by atoms with E-state index in [0.717, 1.165) is 26.4 Å². The Balaban J connectivity index is 3.02. The molecule has 2 nitrogen and oxygen atoms in total. The van der Waals surface area contributed by atoms with Gasteiger partial charge in [0.1, 0.15) is 0 Å². The van der Waals surface area contributed by atoms with Crippen molar-refractivity contribution in [1.82, 2.24) is 0 Å². The van der Waals surface area contributed by atoms with Crippen LogP contribution < -0.4 is 0 Å². The molecule has 0 heterocycles. The molecule has 0 atom stereocenters. The third-order valence-corrected chi connectivity index (χ3v) is 9.36. The van der Waals surface area contributed by atoms with Crippen molar-refractivity contribution in [3.8, 4) is 0 Å². The fourth-order valence-electron chi connectivity index (χ4n) is 6.29. The van der Waals surface area contributed by atoms with Gasteiger partial charge in [0.2, 0.25) is 0 Å². The van der Waals surface area contributed by atoms with Gasteiger partial charge in [-0.25, -0.2) is 0 Å². The van der Waals surface area contributed by atoms with E-state index in [-0.39, 0.29) is 0 Å². The van der Waals surface area contributed by atoms with Crippen LogP contribution >= 0.6 is 0 Å². The smallest absolute Gasteiger partial charge is 0.0466 e. The maximum atomic E-state index is 5.86. The number of hydrogen-bond donors (Lipinski definition) is 0. The molecule has 0 amide bonds. The van der Waals surface area contributed by atoms with Gasteiger partial charge in [-0.15, -0.1) is 0 Å². The van der Waals surface area contributed by atoms with Crippen LogP contribution in [0.5, 0.6) is 0 Å². The molecule has 0 saturated carbocycles. The zero-order chi connectivity index (χ0) is 31.0. The van der Waals surface area contributed by atoms with Crippen LogP contribution in [0.4, 0.5) is 0 Å². The Hall–Kier alpha value is -0.0800. The van der Waals surface area contributed by atoms with E-state index in [1.54, 1.807) is 0 Å². The zero-order valence-corrected chi connectivity index (χ0v) is 30.4. The molecule has 0 radical (unpaired) electrons. The topological polar surface area (TPSA) is 18.5 Å². The average molecular weight is 609 g/mol. The molecule has 0 aromatic carbocycles. The van der Waals surface area contributed by atoms with Crippen LogP contribution in [0, 0.1) is 0 Å². The van der Waals surface area contributed by atoms with Crippen LogP contribution in [0.3, 0.4) is 0 Å². The van der Waals surface area contributed by atoms with Gasteiger partial charge in [-0.2, -0.15) is 0 Å². The SMILES string of the molecule is CCCCCCCCCCCCCCCCCCOCCCCCOCCCCCCCCCCCCCCCCCC. The molecule has 0 aliphatic heterocycles. The van der Waals surface area contributed by atoms with Crippen molar-refractivity contribution >= 4 is 0 Å². The number of unbranched alkanes of at least 4 members (excludes halogenated alkanes) is 32. The summed E-state index contributed by atoms with van der Waals surface area (Å²) in [6.07, 6.45) is 49.4. The first-order valence-corrected chi connectivity index (χ1v) is 20.6. The van der Waals surface area contributed by atoms with Gasteiger partial charge in [0.05, 0.1) is 0 Å². The van der Waals surface area contributed by atoms with Gasteiger partial charge in [-0.3, -0.25) is 0 Å². The Kier molecular flexibility index (Phi) is 41.8. The second-order valence-corrected chi connectivity index (χ2v) is 13.9. The highest BCUT2D eigenvalue weighted by molar-refractivity contribution is 4.52. The van der Waals surface area contributed by atoms with Gasteiger partial charge < -0.3 is 9.47 Å². The minimum absolute atomic E-state index is 0.942.